The molecule has 1 aromatic heterocycles. The molecule has 0 N–H and O–H groups in total. The summed E-state index contributed by atoms with van der Waals surface area (Å²) in [6.07, 6.45) is 2.41. The first-order valence-electron chi connectivity index (χ1n) is 5.61. The highest BCUT2D eigenvalue weighted by molar-refractivity contribution is 9.10. The minimum absolute atomic E-state index is 0.0127. The molecule has 0 fully saturated rings. The number of benzene rings is 1. The number of nitro benzene ring substituents is 1. The maximum atomic E-state index is 10.7. The molecule has 0 saturated heterocycles. The van der Waals surface area contributed by atoms with Gasteiger partial charge in [-0.2, -0.15) is 5.10 Å². The van der Waals surface area contributed by atoms with E-state index in [4.69, 9.17) is 4.74 Å². The normalized spacial score (nSPS) is 10.4. The van der Waals surface area contributed by atoms with E-state index in [1.165, 1.54) is 12.1 Å². The van der Waals surface area contributed by atoms with E-state index < -0.39 is 4.92 Å². The predicted octanol–water partition coefficient (Wildman–Crippen LogP) is 2.71. The van der Waals surface area contributed by atoms with Crippen molar-refractivity contribution in [3.63, 3.8) is 0 Å². The number of nitro groups is 1. The fourth-order valence-corrected chi connectivity index (χ4v) is 1.99. The van der Waals surface area contributed by atoms with Gasteiger partial charge in [-0.25, -0.2) is 0 Å². The van der Waals surface area contributed by atoms with Crippen LogP contribution in [0.5, 0.6) is 5.75 Å². The van der Waals surface area contributed by atoms with Gasteiger partial charge in [0.05, 0.1) is 22.1 Å². The summed E-state index contributed by atoms with van der Waals surface area (Å²) in [6.45, 7) is 0.430. The molecule has 0 saturated carbocycles. The van der Waals surface area contributed by atoms with Crippen LogP contribution in [0.2, 0.25) is 0 Å². The van der Waals surface area contributed by atoms with E-state index >= 15 is 0 Å². The van der Waals surface area contributed by atoms with Gasteiger partial charge in [-0.05, 0) is 28.1 Å². The number of halogens is 1. The Balaban J connectivity index is 2.01. The van der Waals surface area contributed by atoms with E-state index in [0.717, 1.165) is 5.69 Å². The summed E-state index contributed by atoms with van der Waals surface area (Å²) < 4.78 is 8.03. The van der Waals surface area contributed by atoms with Crippen LogP contribution >= 0.6 is 15.9 Å². The number of aryl methyl sites for hydroxylation is 1. The number of hydrogen-bond acceptors (Lipinski definition) is 4. The Bertz CT molecular complexity index is 598. The molecular weight excluding hydrogens is 314 g/mol. The maximum absolute atomic E-state index is 10.7. The van der Waals surface area contributed by atoms with Crippen molar-refractivity contribution in [3.8, 4) is 5.75 Å². The van der Waals surface area contributed by atoms with Gasteiger partial charge >= 0.3 is 0 Å². The molecule has 0 bridgehead atoms. The monoisotopic (exact) mass is 325 g/mol. The van der Waals surface area contributed by atoms with Crippen LogP contribution in [0.25, 0.3) is 0 Å². The van der Waals surface area contributed by atoms with Crippen LogP contribution in [-0.2, 0) is 13.5 Å². The average molecular weight is 326 g/mol. The van der Waals surface area contributed by atoms with E-state index in [0.29, 0.717) is 23.2 Å². The summed E-state index contributed by atoms with van der Waals surface area (Å²) in [5.41, 5.74) is 1.06. The first-order valence-corrected chi connectivity index (χ1v) is 6.41. The quantitative estimate of drug-likeness (QED) is 0.626. The van der Waals surface area contributed by atoms with Crippen LogP contribution in [0.15, 0.2) is 34.9 Å². The van der Waals surface area contributed by atoms with Gasteiger partial charge in [0.15, 0.2) is 0 Å². The molecule has 2 rings (SSSR count). The highest BCUT2D eigenvalue weighted by Gasteiger charge is 2.10. The second kappa shape index (κ2) is 5.83. The van der Waals surface area contributed by atoms with Crippen molar-refractivity contribution in [3.05, 3.63) is 50.7 Å². The Hall–Kier alpha value is -1.89. The van der Waals surface area contributed by atoms with E-state index in [1.807, 2.05) is 13.1 Å². The summed E-state index contributed by atoms with van der Waals surface area (Å²) >= 11 is 3.31. The number of non-ortho nitro benzene ring substituents is 1. The zero-order valence-electron chi connectivity index (χ0n) is 10.2. The fraction of sp³-hybridized carbons (Fsp3) is 0.250. The average Bonchev–Trinajstić information content (AvgIpc) is 2.77. The SMILES string of the molecule is Cn1nccc1CCOc1cc([N+](=O)[O-])ccc1Br. The third-order valence-corrected chi connectivity index (χ3v) is 3.32. The molecule has 100 valence electrons. The maximum Gasteiger partial charge on any atom is 0.273 e. The van der Waals surface area contributed by atoms with Crippen molar-refractivity contribution in [1.29, 1.82) is 0 Å². The van der Waals surface area contributed by atoms with Crippen molar-refractivity contribution in [2.75, 3.05) is 6.61 Å². The molecule has 0 radical (unpaired) electrons. The third-order valence-electron chi connectivity index (χ3n) is 2.66. The minimum atomic E-state index is -0.444. The van der Waals surface area contributed by atoms with Crippen molar-refractivity contribution in [2.24, 2.45) is 7.05 Å². The second-order valence-electron chi connectivity index (χ2n) is 3.92. The zero-order valence-corrected chi connectivity index (χ0v) is 11.8. The molecule has 0 amide bonds. The highest BCUT2D eigenvalue weighted by Crippen LogP contribution is 2.29. The van der Waals surface area contributed by atoms with Gasteiger partial charge in [-0.1, -0.05) is 0 Å². The summed E-state index contributed by atoms with van der Waals surface area (Å²) in [6, 6.07) is 6.36. The van der Waals surface area contributed by atoms with E-state index in [1.54, 1.807) is 16.9 Å². The lowest BCUT2D eigenvalue weighted by atomic mass is 10.3. The topological polar surface area (TPSA) is 70.2 Å². The van der Waals surface area contributed by atoms with Crippen LogP contribution in [0.4, 0.5) is 5.69 Å². The molecule has 2 aromatic rings. The van der Waals surface area contributed by atoms with Crippen LogP contribution in [-0.4, -0.2) is 21.3 Å². The third kappa shape index (κ3) is 3.31. The molecule has 0 aliphatic rings. The van der Waals surface area contributed by atoms with Crippen LogP contribution in [0.1, 0.15) is 5.69 Å². The number of aromatic nitrogens is 2. The molecule has 0 spiro atoms. The molecule has 0 unspecified atom stereocenters. The minimum Gasteiger partial charge on any atom is -0.492 e. The summed E-state index contributed by atoms with van der Waals surface area (Å²) in [4.78, 5) is 10.2. The van der Waals surface area contributed by atoms with Crippen molar-refractivity contribution in [1.82, 2.24) is 9.78 Å². The zero-order chi connectivity index (χ0) is 13.8. The fourth-order valence-electron chi connectivity index (χ4n) is 1.63. The lowest BCUT2D eigenvalue weighted by Crippen LogP contribution is -2.06. The highest BCUT2D eigenvalue weighted by atomic mass is 79.9. The van der Waals surface area contributed by atoms with E-state index in [9.17, 15) is 10.1 Å². The Morgan fingerprint density at radius 3 is 2.89 bits per heavy atom. The molecule has 0 aliphatic carbocycles. The van der Waals surface area contributed by atoms with Crippen molar-refractivity contribution in [2.45, 2.75) is 6.42 Å². The summed E-state index contributed by atoms with van der Waals surface area (Å²) in [5.74, 6) is 0.469. The molecule has 1 aromatic carbocycles. The van der Waals surface area contributed by atoms with Gasteiger partial charge in [-0.15, -0.1) is 0 Å². The number of nitrogens with zero attached hydrogens (tertiary/aromatic N) is 3. The standard InChI is InChI=1S/C12H12BrN3O3/c1-15-9(4-6-14-15)5-7-19-12-8-10(16(17)18)2-3-11(12)13/h2-4,6,8H,5,7H2,1H3. The van der Waals surface area contributed by atoms with Gasteiger partial charge in [0.25, 0.3) is 5.69 Å². The molecular formula is C12H12BrN3O3. The second-order valence-corrected chi connectivity index (χ2v) is 4.77. The van der Waals surface area contributed by atoms with E-state index in [-0.39, 0.29) is 5.69 Å². The molecule has 0 atom stereocenters. The van der Waals surface area contributed by atoms with E-state index in [2.05, 4.69) is 21.0 Å². The first-order chi connectivity index (χ1) is 9.08. The summed E-state index contributed by atoms with van der Waals surface area (Å²) in [5, 5.41) is 14.8. The van der Waals surface area contributed by atoms with Gasteiger partial charge in [-0.3, -0.25) is 14.8 Å². The van der Waals surface area contributed by atoms with Crippen LogP contribution < -0.4 is 4.74 Å². The molecule has 0 aliphatic heterocycles. The number of ether oxygens (including phenoxy) is 1. The van der Waals surface area contributed by atoms with Gasteiger partial charge < -0.3 is 4.74 Å². The molecule has 7 heteroatoms. The lowest BCUT2D eigenvalue weighted by Gasteiger charge is -2.08. The Kier molecular flexibility index (Phi) is 4.16. The Labute approximate surface area is 118 Å². The van der Waals surface area contributed by atoms with Crippen LogP contribution in [0.3, 0.4) is 0 Å². The van der Waals surface area contributed by atoms with Crippen LogP contribution in [0, 0.1) is 10.1 Å². The van der Waals surface area contributed by atoms with Gasteiger partial charge in [0.1, 0.15) is 5.75 Å². The largest absolute Gasteiger partial charge is 0.492 e. The Morgan fingerprint density at radius 1 is 1.47 bits per heavy atom. The Morgan fingerprint density at radius 2 is 2.26 bits per heavy atom. The summed E-state index contributed by atoms with van der Waals surface area (Å²) in [7, 11) is 1.86. The number of rotatable bonds is 5. The molecule has 6 nitrogen and oxygen atoms in total. The van der Waals surface area contributed by atoms with Crippen molar-refractivity contribution < 1.29 is 9.66 Å². The molecule has 19 heavy (non-hydrogen) atoms. The number of hydrogen-bond donors (Lipinski definition) is 0. The van der Waals surface area contributed by atoms with Gasteiger partial charge in [0.2, 0.25) is 0 Å². The van der Waals surface area contributed by atoms with Crippen molar-refractivity contribution >= 4 is 21.6 Å². The predicted molar refractivity (Wildman–Crippen MR) is 73.2 cm³/mol. The van der Waals surface area contributed by atoms with Gasteiger partial charge in [0, 0.05) is 31.4 Å². The lowest BCUT2D eigenvalue weighted by molar-refractivity contribution is -0.385. The first kappa shape index (κ1) is 13.5. The smallest absolute Gasteiger partial charge is 0.273 e. The molecule has 1 heterocycles.